The Bertz CT molecular complexity index is 424. The summed E-state index contributed by atoms with van der Waals surface area (Å²) in [6.07, 6.45) is 6.42. The van der Waals surface area contributed by atoms with E-state index < -0.39 is 0 Å². The molecule has 6 heteroatoms. The highest BCUT2D eigenvalue weighted by Gasteiger charge is 2.33. The first kappa shape index (κ1) is 21.5. The molecule has 1 aliphatic heterocycles. The van der Waals surface area contributed by atoms with Crippen LogP contribution in [0.25, 0.3) is 0 Å². The molecule has 0 aromatic rings. The maximum absolute atomic E-state index is 5.62. The van der Waals surface area contributed by atoms with Gasteiger partial charge >= 0.3 is 0 Å². The number of nitrogens with zero attached hydrogens (tertiary/aromatic N) is 2. The smallest absolute Gasteiger partial charge is 0.191 e. The molecule has 0 aromatic carbocycles. The van der Waals surface area contributed by atoms with E-state index in [2.05, 4.69) is 41.3 Å². The van der Waals surface area contributed by atoms with E-state index in [1.807, 2.05) is 7.05 Å². The molecule has 2 unspecified atom stereocenters. The zero-order valence-corrected chi connectivity index (χ0v) is 17.4. The molecule has 1 heterocycles. The average Bonchev–Trinajstić information content (AvgIpc) is 3.11. The summed E-state index contributed by atoms with van der Waals surface area (Å²) >= 11 is 0. The molecule has 0 bridgehead atoms. The van der Waals surface area contributed by atoms with E-state index in [9.17, 15) is 0 Å². The van der Waals surface area contributed by atoms with Crippen LogP contribution in [0.15, 0.2) is 4.99 Å². The monoisotopic (exact) mass is 368 g/mol. The van der Waals surface area contributed by atoms with Crippen molar-refractivity contribution in [2.24, 2.45) is 10.4 Å². The Labute approximate surface area is 160 Å². The lowest BCUT2D eigenvalue weighted by Crippen LogP contribution is -2.53. The van der Waals surface area contributed by atoms with Crippen molar-refractivity contribution in [1.82, 2.24) is 15.5 Å². The third kappa shape index (κ3) is 6.39. The summed E-state index contributed by atoms with van der Waals surface area (Å²) in [6, 6.07) is 0.946. The number of morpholine rings is 1. The van der Waals surface area contributed by atoms with Crippen LogP contribution in [-0.4, -0.2) is 76.1 Å². The molecular weight excluding hydrogens is 328 g/mol. The second-order valence-electron chi connectivity index (χ2n) is 7.97. The fraction of sp³-hybridized carbons (Fsp3) is 0.950. The van der Waals surface area contributed by atoms with E-state index in [4.69, 9.17) is 9.47 Å². The third-order valence-electron chi connectivity index (χ3n) is 6.05. The van der Waals surface area contributed by atoms with Crippen molar-refractivity contribution in [1.29, 1.82) is 0 Å². The molecule has 0 spiro atoms. The fourth-order valence-corrected chi connectivity index (χ4v) is 4.32. The molecule has 0 aromatic heterocycles. The van der Waals surface area contributed by atoms with Crippen LogP contribution in [0.1, 0.15) is 52.9 Å². The van der Waals surface area contributed by atoms with Crippen LogP contribution in [0.3, 0.4) is 0 Å². The van der Waals surface area contributed by atoms with Gasteiger partial charge in [0, 0.05) is 52.0 Å². The summed E-state index contributed by atoms with van der Waals surface area (Å²) in [7, 11) is 1.86. The van der Waals surface area contributed by atoms with Crippen molar-refractivity contribution in [2.75, 3.05) is 53.1 Å². The summed E-state index contributed by atoms with van der Waals surface area (Å²) in [5, 5.41) is 7.11. The summed E-state index contributed by atoms with van der Waals surface area (Å²) in [6.45, 7) is 12.8. The van der Waals surface area contributed by atoms with Crippen LogP contribution >= 0.6 is 0 Å². The second kappa shape index (κ2) is 11.1. The van der Waals surface area contributed by atoms with Gasteiger partial charge in [-0.05, 0) is 45.4 Å². The van der Waals surface area contributed by atoms with Crippen LogP contribution in [0.4, 0.5) is 0 Å². The molecule has 0 radical (unpaired) electrons. The van der Waals surface area contributed by atoms with Crippen molar-refractivity contribution in [3.63, 3.8) is 0 Å². The first-order valence-electron chi connectivity index (χ1n) is 10.5. The first-order chi connectivity index (χ1) is 12.6. The lowest BCUT2D eigenvalue weighted by atomic mass is 9.83. The highest BCUT2D eigenvalue weighted by Crippen LogP contribution is 2.40. The Morgan fingerprint density at radius 3 is 2.77 bits per heavy atom. The Balaban J connectivity index is 1.77. The van der Waals surface area contributed by atoms with Gasteiger partial charge in [0.1, 0.15) is 0 Å². The van der Waals surface area contributed by atoms with Gasteiger partial charge in [0.05, 0.1) is 13.2 Å². The maximum atomic E-state index is 5.62. The summed E-state index contributed by atoms with van der Waals surface area (Å²) < 4.78 is 11.2. The molecule has 2 atom stereocenters. The molecule has 2 fully saturated rings. The molecule has 2 N–H and O–H groups in total. The number of hydrogen-bond acceptors (Lipinski definition) is 4. The lowest BCUT2D eigenvalue weighted by Gasteiger charge is -2.38. The van der Waals surface area contributed by atoms with E-state index in [1.54, 1.807) is 0 Å². The minimum absolute atomic E-state index is 0.372. The van der Waals surface area contributed by atoms with Crippen LogP contribution in [0.2, 0.25) is 0 Å². The molecule has 0 amide bonds. The molecule has 2 aliphatic rings. The van der Waals surface area contributed by atoms with Gasteiger partial charge in [0.15, 0.2) is 5.96 Å². The molecule has 1 saturated carbocycles. The van der Waals surface area contributed by atoms with Crippen LogP contribution in [-0.2, 0) is 9.47 Å². The lowest BCUT2D eigenvalue weighted by molar-refractivity contribution is -0.0174. The van der Waals surface area contributed by atoms with Gasteiger partial charge in [-0.25, -0.2) is 0 Å². The van der Waals surface area contributed by atoms with Gasteiger partial charge in [-0.1, -0.05) is 12.8 Å². The number of aliphatic imine (C=N–C) groups is 1. The predicted molar refractivity (Wildman–Crippen MR) is 108 cm³/mol. The summed E-state index contributed by atoms with van der Waals surface area (Å²) in [4.78, 5) is 6.95. The fourth-order valence-electron chi connectivity index (χ4n) is 4.32. The number of ether oxygens (including phenoxy) is 2. The standard InChI is InChI=1S/C20H40N4O2/c1-5-25-12-10-20(8-6-7-9-20)16-23-19(21-4)22-14-17(2)24-11-13-26-15-18(24)3/h17-18H,5-16H2,1-4H3,(H2,21,22,23). The minimum atomic E-state index is 0.372. The molecule has 6 nitrogen and oxygen atoms in total. The van der Waals surface area contributed by atoms with E-state index in [0.717, 1.165) is 58.4 Å². The Morgan fingerprint density at radius 2 is 2.12 bits per heavy atom. The van der Waals surface area contributed by atoms with E-state index >= 15 is 0 Å². The topological polar surface area (TPSA) is 58.1 Å². The second-order valence-corrected chi connectivity index (χ2v) is 7.97. The average molecular weight is 369 g/mol. The Kier molecular flexibility index (Phi) is 9.16. The van der Waals surface area contributed by atoms with Crippen molar-refractivity contribution in [3.05, 3.63) is 0 Å². The SMILES string of the molecule is CCOCCC1(CNC(=NC)NCC(C)N2CCOCC2C)CCCC1. The molecule has 1 aliphatic carbocycles. The van der Waals surface area contributed by atoms with Gasteiger partial charge in [0.2, 0.25) is 0 Å². The Morgan fingerprint density at radius 1 is 1.35 bits per heavy atom. The first-order valence-corrected chi connectivity index (χ1v) is 10.5. The predicted octanol–water partition coefficient (Wildman–Crippen LogP) is 2.25. The van der Waals surface area contributed by atoms with Crippen molar-refractivity contribution in [3.8, 4) is 0 Å². The molecular formula is C20H40N4O2. The highest BCUT2D eigenvalue weighted by atomic mass is 16.5. The molecule has 152 valence electrons. The summed E-state index contributed by atoms with van der Waals surface area (Å²) in [5.74, 6) is 0.917. The van der Waals surface area contributed by atoms with Crippen molar-refractivity contribution < 1.29 is 9.47 Å². The highest BCUT2D eigenvalue weighted by molar-refractivity contribution is 5.79. The van der Waals surface area contributed by atoms with Crippen LogP contribution in [0.5, 0.6) is 0 Å². The summed E-state index contributed by atoms with van der Waals surface area (Å²) in [5.41, 5.74) is 0.372. The maximum Gasteiger partial charge on any atom is 0.191 e. The van der Waals surface area contributed by atoms with E-state index in [1.165, 1.54) is 25.7 Å². The van der Waals surface area contributed by atoms with E-state index in [-0.39, 0.29) is 0 Å². The number of guanidine groups is 1. The van der Waals surface area contributed by atoms with Gasteiger partial charge in [-0.2, -0.15) is 0 Å². The molecule has 2 rings (SSSR count). The zero-order chi connectivity index (χ0) is 18.8. The van der Waals surface area contributed by atoms with Gasteiger partial charge in [-0.15, -0.1) is 0 Å². The number of hydrogen-bond donors (Lipinski definition) is 2. The van der Waals surface area contributed by atoms with Crippen LogP contribution < -0.4 is 10.6 Å². The van der Waals surface area contributed by atoms with Gasteiger partial charge in [0.25, 0.3) is 0 Å². The molecule has 1 saturated heterocycles. The number of rotatable bonds is 9. The third-order valence-corrected chi connectivity index (χ3v) is 6.05. The quantitative estimate of drug-likeness (QED) is 0.371. The van der Waals surface area contributed by atoms with Gasteiger partial charge < -0.3 is 20.1 Å². The Hall–Kier alpha value is -0.850. The molecule has 26 heavy (non-hydrogen) atoms. The van der Waals surface area contributed by atoms with Crippen molar-refractivity contribution >= 4 is 5.96 Å². The largest absolute Gasteiger partial charge is 0.382 e. The minimum Gasteiger partial charge on any atom is -0.382 e. The van der Waals surface area contributed by atoms with Crippen LogP contribution in [0, 0.1) is 5.41 Å². The van der Waals surface area contributed by atoms with Crippen molar-refractivity contribution in [2.45, 2.75) is 65.0 Å². The number of nitrogens with one attached hydrogen (secondary N) is 2. The van der Waals surface area contributed by atoms with E-state index in [0.29, 0.717) is 17.5 Å². The zero-order valence-electron chi connectivity index (χ0n) is 17.4. The normalized spacial score (nSPS) is 25.2. The van der Waals surface area contributed by atoms with Gasteiger partial charge in [-0.3, -0.25) is 9.89 Å².